The van der Waals surface area contributed by atoms with Crippen molar-refractivity contribution in [2.45, 2.75) is 72.2 Å². The van der Waals surface area contributed by atoms with Crippen molar-refractivity contribution in [3.8, 4) is 0 Å². The summed E-state index contributed by atoms with van der Waals surface area (Å²) < 4.78 is 6.66. The van der Waals surface area contributed by atoms with Crippen LogP contribution in [0.2, 0.25) is 0 Å². The van der Waals surface area contributed by atoms with Gasteiger partial charge in [0, 0.05) is 9.84 Å². The number of carbonyl (C=O) groups excluding carboxylic acids is 2. The van der Waals surface area contributed by atoms with E-state index >= 15 is 0 Å². The Bertz CT molecular complexity index is 492. The van der Waals surface area contributed by atoms with E-state index in [4.69, 9.17) is 4.74 Å². The van der Waals surface area contributed by atoms with Crippen molar-refractivity contribution in [2.75, 3.05) is 11.0 Å². The average Bonchev–Trinajstić information content (AvgIpc) is 2.91. The summed E-state index contributed by atoms with van der Waals surface area (Å²) >= 11 is 2.27. The molecule has 0 aromatic heterocycles. The van der Waals surface area contributed by atoms with Crippen LogP contribution >= 0.6 is 22.6 Å². The third kappa shape index (κ3) is 3.25. The topological polar surface area (TPSA) is 49.9 Å². The molecule has 0 N–H and O–H groups in total. The predicted molar refractivity (Wildman–Crippen MR) is 98.4 cm³/mol. The summed E-state index contributed by atoms with van der Waals surface area (Å²) in [5.41, 5.74) is -1.14. The quantitative estimate of drug-likeness (QED) is 0.502. The van der Waals surface area contributed by atoms with Gasteiger partial charge in [0.15, 0.2) is 0 Å². The molecule has 0 aromatic carbocycles. The maximum atomic E-state index is 13.3. The van der Waals surface area contributed by atoms with Crippen molar-refractivity contribution >= 4 is 34.5 Å². The first kappa shape index (κ1) is 19.0. The molecule has 2 rings (SSSR count). The SMILES string of the molecule is CCC(C)[C@H]1COC(C)(C)N1C(=O)N1C(=O)C(C)(C)C[C@@H]1CI. The molecule has 0 bridgehead atoms. The highest BCUT2D eigenvalue weighted by Crippen LogP contribution is 2.40. The zero-order valence-corrected chi connectivity index (χ0v) is 17.2. The van der Waals surface area contributed by atoms with Gasteiger partial charge in [-0.25, -0.2) is 4.79 Å². The number of imide groups is 1. The first-order valence-corrected chi connectivity index (χ1v) is 9.96. The zero-order chi connectivity index (χ0) is 17.6. The molecule has 1 unspecified atom stereocenters. The summed E-state index contributed by atoms with van der Waals surface area (Å²) in [4.78, 5) is 29.4. The van der Waals surface area contributed by atoms with Crippen LogP contribution in [-0.4, -0.2) is 50.6 Å². The van der Waals surface area contributed by atoms with E-state index in [0.717, 1.165) is 17.3 Å². The third-order valence-electron chi connectivity index (χ3n) is 5.32. The lowest BCUT2D eigenvalue weighted by Gasteiger charge is -2.39. The Morgan fingerprint density at radius 2 is 2.00 bits per heavy atom. The van der Waals surface area contributed by atoms with Crippen molar-refractivity contribution in [1.29, 1.82) is 0 Å². The highest BCUT2D eigenvalue weighted by Gasteiger charge is 2.53. The van der Waals surface area contributed by atoms with Gasteiger partial charge in [-0.1, -0.05) is 56.7 Å². The Morgan fingerprint density at radius 1 is 1.39 bits per heavy atom. The number of rotatable bonds is 3. The number of carbonyl (C=O) groups is 2. The Kier molecular flexibility index (Phi) is 5.36. The molecule has 6 heteroatoms. The van der Waals surface area contributed by atoms with Crippen molar-refractivity contribution < 1.29 is 14.3 Å². The number of urea groups is 1. The van der Waals surface area contributed by atoms with Gasteiger partial charge in [0.2, 0.25) is 5.91 Å². The largest absolute Gasteiger partial charge is 0.354 e. The van der Waals surface area contributed by atoms with Gasteiger partial charge in [-0.15, -0.1) is 0 Å². The van der Waals surface area contributed by atoms with Gasteiger partial charge >= 0.3 is 6.03 Å². The minimum Gasteiger partial charge on any atom is -0.354 e. The van der Waals surface area contributed by atoms with Crippen molar-refractivity contribution in [3.05, 3.63) is 0 Å². The lowest BCUT2D eigenvalue weighted by Crippen LogP contribution is -2.57. The van der Waals surface area contributed by atoms with E-state index in [2.05, 4.69) is 36.4 Å². The first-order chi connectivity index (χ1) is 10.6. The summed E-state index contributed by atoms with van der Waals surface area (Å²) in [6.45, 7) is 12.5. The van der Waals surface area contributed by atoms with E-state index in [9.17, 15) is 9.59 Å². The molecule has 0 saturated carbocycles. The zero-order valence-electron chi connectivity index (χ0n) is 15.1. The monoisotopic (exact) mass is 436 g/mol. The lowest BCUT2D eigenvalue weighted by molar-refractivity contribution is -0.133. The van der Waals surface area contributed by atoms with E-state index in [1.807, 2.05) is 27.7 Å². The van der Waals surface area contributed by atoms with E-state index in [1.54, 1.807) is 4.90 Å². The summed E-state index contributed by atoms with van der Waals surface area (Å²) in [7, 11) is 0. The predicted octanol–water partition coefficient (Wildman–Crippen LogP) is 3.65. The molecule has 3 amide bonds. The second kappa shape index (κ2) is 6.50. The summed E-state index contributed by atoms with van der Waals surface area (Å²) in [6.07, 6.45) is 1.70. The lowest BCUT2D eigenvalue weighted by atomic mass is 9.90. The summed E-state index contributed by atoms with van der Waals surface area (Å²) in [5, 5.41) is 0. The third-order valence-corrected chi connectivity index (χ3v) is 6.34. The summed E-state index contributed by atoms with van der Waals surface area (Å²) in [6, 6.07) is -0.191. The Morgan fingerprint density at radius 3 is 2.52 bits per heavy atom. The molecule has 2 aliphatic rings. The van der Waals surface area contributed by atoms with Crippen molar-refractivity contribution in [3.63, 3.8) is 0 Å². The van der Waals surface area contributed by atoms with Crippen LogP contribution in [0, 0.1) is 11.3 Å². The molecule has 0 spiro atoms. The van der Waals surface area contributed by atoms with Crippen LogP contribution in [0.25, 0.3) is 0 Å². The molecule has 2 heterocycles. The number of amides is 3. The van der Waals surface area contributed by atoms with E-state index in [0.29, 0.717) is 12.5 Å². The molecule has 5 nitrogen and oxygen atoms in total. The number of hydrogen-bond acceptors (Lipinski definition) is 3. The Balaban J connectivity index is 2.34. The van der Waals surface area contributed by atoms with Crippen LogP contribution in [0.1, 0.15) is 54.4 Å². The number of ether oxygens (including phenoxy) is 1. The van der Waals surface area contributed by atoms with Crippen LogP contribution in [0.3, 0.4) is 0 Å². The molecule has 3 atom stereocenters. The fraction of sp³-hybridized carbons (Fsp3) is 0.882. The molecule has 23 heavy (non-hydrogen) atoms. The van der Waals surface area contributed by atoms with Crippen LogP contribution in [0.5, 0.6) is 0 Å². The van der Waals surface area contributed by atoms with Gasteiger partial charge in [0.05, 0.1) is 18.7 Å². The molecule has 2 fully saturated rings. The van der Waals surface area contributed by atoms with E-state index in [1.165, 1.54) is 4.90 Å². The molecular weight excluding hydrogens is 407 g/mol. The van der Waals surface area contributed by atoms with Gasteiger partial charge in [-0.05, 0) is 26.2 Å². The molecule has 2 aliphatic heterocycles. The average molecular weight is 436 g/mol. The normalized spacial score (nSPS) is 30.8. The standard InChI is InChI=1S/C17H29IN2O3/c1-7-11(2)13-10-23-17(5,6)20(13)15(22)19-12(9-18)8-16(3,4)14(19)21/h11-13H,7-10H2,1-6H3/t11?,12-,13-/m1/s1. The maximum Gasteiger partial charge on any atom is 0.329 e. The first-order valence-electron chi connectivity index (χ1n) is 8.43. The molecule has 0 aliphatic carbocycles. The smallest absolute Gasteiger partial charge is 0.329 e. The Hall–Kier alpha value is -0.370. The number of likely N-dealkylation sites (tertiary alicyclic amines) is 1. The highest BCUT2D eigenvalue weighted by molar-refractivity contribution is 14.1. The fourth-order valence-corrected chi connectivity index (χ4v) is 4.34. The molecular formula is C17H29IN2O3. The highest BCUT2D eigenvalue weighted by atomic mass is 127. The van der Waals surface area contributed by atoms with E-state index in [-0.39, 0.29) is 24.0 Å². The molecule has 0 radical (unpaired) electrons. The number of halogens is 1. The molecule has 2 saturated heterocycles. The van der Waals surface area contributed by atoms with Gasteiger partial charge in [0.1, 0.15) is 5.72 Å². The van der Waals surface area contributed by atoms with Crippen LogP contribution in [0.15, 0.2) is 0 Å². The van der Waals surface area contributed by atoms with Gasteiger partial charge < -0.3 is 4.74 Å². The second-order valence-electron chi connectivity index (χ2n) is 7.93. The number of hydrogen-bond donors (Lipinski definition) is 0. The Labute approximate surface area is 153 Å². The van der Waals surface area contributed by atoms with Gasteiger partial charge in [0.25, 0.3) is 0 Å². The van der Waals surface area contributed by atoms with Crippen molar-refractivity contribution in [2.24, 2.45) is 11.3 Å². The van der Waals surface area contributed by atoms with Crippen molar-refractivity contribution in [1.82, 2.24) is 9.80 Å². The number of nitrogens with zero attached hydrogens (tertiary/aromatic N) is 2. The van der Waals surface area contributed by atoms with Crippen LogP contribution < -0.4 is 0 Å². The molecule has 132 valence electrons. The minimum atomic E-state index is -0.673. The number of alkyl halides is 1. The minimum absolute atomic E-state index is 0.0221. The van der Waals surface area contributed by atoms with E-state index < -0.39 is 11.1 Å². The fourth-order valence-electron chi connectivity index (χ4n) is 3.64. The van der Waals surface area contributed by atoms with Gasteiger partial charge in [-0.2, -0.15) is 0 Å². The van der Waals surface area contributed by atoms with Crippen LogP contribution in [-0.2, 0) is 9.53 Å². The second-order valence-corrected chi connectivity index (χ2v) is 8.82. The van der Waals surface area contributed by atoms with Gasteiger partial charge in [-0.3, -0.25) is 14.6 Å². The summed E-state index contributed by atoms with van der Waals surface area (Å²) in [5.74, 6) is 0.277. The van der Waals surface area contributed by atoms with Crippen LogP contribution in [0.4, 0.5) is 4.79 Å². The molecule has 0 aromatic rings. The maximum absolute atomic E-state index is 13.3.